The first kappa shape index (κ1) is 14.4. The smallest absolute Gasteiger partial charge is 0.149 e. The Morgan fingerprint density at radius 1 is 1.32 bits per heavy atom. The highest BCUT2D eigenvalue weighted by atomic mass is 79.9. The molecule has 0 spiro atoms. The molecule has 0 unspecified atom stereocenters. The van der Waals surface area contributed by atoms with Crippen molar-refractivity contribution in [3.63, 3.8) is 0 Å². The van der Waals surface area contributed by atoms with Crippen LogP contribution in [0.15, 0.2) is 21.0 Å². The summed E-state index contributed by atoms with van der Waals surface area (Å²) in [5, 5.41) is 4.49. The van der Waals surface area contributed by atoms with Crippen LogP contribution in [0.5, 0.6) is 5.75 Å². The number of benzene rings is 1. The van der Waals surface area contributed by atoms with Gasteiger partial charge in [0.05, 0.1) is 18.1 Å². The van der Waals surface area contributed by atoms with E-state index in [-0.39, 0.29) is 0 Å². The highest BCUT2D eigenvalue weighted by molar-refractivity contribution is 9.10. The van der Waals surface area contributed by atoms with Gasteiger partial charge in [-0.15, -0.1) is 0 Å². The van der Waals surface area contributed by atoms with Crippen molar-refractivity contribution in [2.45, 2.75) is 33.2 Å². The van der Waals surface area contributed by atoms with E-state index in [9.17, 15) is 0 Å². The van der Waals surface area contributed by atoms with E-state index in [0.717, 1.165) is 52.9 Å². The number of rotatable bonds is 6. The molecule has 4 heteroatoms. The van der Waals surface area contributed by atoms with Gasteiger partial charge in [0, 0.05) is 10.9 Å². The number of nitrogens with one attached hydrogen (secondary N) is 1. The number of halogens is 1. The fraction of sp³-hybridized carbons (Fsp3) is 0.467. The molecule has 0 saturated heterocycles. The van der Waals surface area contributed by atoms with Gasteiger partial charge in [0.2, 0.25) is 0 Å². The first-order chi connectivity index (χ1) is 9.21. The number of ether oxygens (including phenoxy) is 1. The van der Waals surface area contributed by atoms with Crippen LogP contribution in [0.1, 0.15) is 31.6 Å². The standard InChI is InChI=1S/C15H20BrNO2/c1-4-6-11-12-7-10(18-3)8-13(16)15(12)19-14(11)9-17-5-2/h7-8,17H,4-6,9H2,1-3H3. The normalized spacial score (nSPS) is 11.2. The van der Waals surface area contributed by atoms with Gasteiger partial charge in [0.25, 0.3) is 0 Å². The molecule has 104 valence electrons. The fourth-order valence-electron chi connectivity index (χ4n) is 2.25. The molecule has 19 heavy (non-hydrogen) atoms. The number of hydrogen-bond acceptors (Lipinski definition) is 3. The van der Waals surface area contributed by atoms with Crippen LogP contribution >= 0.6 is 15.9 Å². The molecule has 2 aromatic rings. The third kappa shape index (κ3) is 2.95. The zero-order valence-electron chi connectivity index (χ0n) is 11.7. The summed E-state index contributed by atoms with van der Waals surface area (Å²) in [6, 6.07) is 4.00. The summed E-state index contributed by atoms with van der Waals surface area (Å²) >= 11 is 3.56. The van der Waals surface area contributed by atoms with Gasteiger partial charge in [-0.3, -0.25) is 0 Å². The Labute approximate surface area is 122 Å². The molecule has 0 aliphatic rings. The number of aryl methyl sites for hydroxylation is 1. The van der Waals surface area contributed by atoms with Crippen molar-refractivity contribution >= 4 is 26.9 Å². The zero-order chi connectivity index (χ0) is 13.8. The van der Waals surface area contributed by atoms with E-state index in [1.54, 1.807) is 7.11 Å². The van der Waals surface area contributed by atoms with Crippen LogP contribution < -0.4 is 10.1 Å². The van der Waals surface area contributed by atoms with E-state index in [1.807, 2.05) is 6.07 Å². The van der Waals surface area contributed by atoms with Gasteiger partial charge in [0.15, 0.2) is 0 Å². The van der Waals surface area contributed by atoms with Crippen molar-refractivity contribution in [2.75, 3.05) is 13.7 Å². The average Bonchev–Trinajstić information content (AvgIpc) is 2.76. The second-order valence-electron chi connectivity index (χ2n) is 4.52. The topological polar surface area (TPSA) is 34.4 Å². The van der Waals surface area contributed by atoms with Crippen LogP contribution in [-0.2, 0) is 13.0 Å². The van der Waals surface area contributed by atoms with E-state index < -0.39 is 0 Å². The van der Waals surface area contributed by atoms with Crippen LogP contribution in [0.25, 0.3) is 11.0 Å². The maximum absolute atomic E-state index is 6.02. The van der Waals surface area contributed by atoms with Crippen LogP contribution in [0.2, 0.25) is 0 Å². The minimum absolute atomic E-state index is 0.773. The monoisotopic (exact) mass is 325 g/mol. The summed E-state index contributed by atoms with van der Waals surface area (Å²) in [4.78, 5) is 0. The van der Waals surface area contributed by atoms with E-state index >= 15 is 0 Å². The lowest BCUT2D eigenvalue weighted by atomic mass is 10.1. The van der Waals surface area contributed by atoms with Crippen LogP contribution in [0.4, 0.5) is 0 Å². The molecule has 0 aliphatic heterocycles. The lowest BCUT2D eigenvalue weighted by molar-refractivity contribution is 0.415. The molecule has 1 heterocycles. The average molecular weight is 326 g/mol. The maximum atomic E-state index is 6.02. The lowest BCUT2D eigenvalue weighted by Gasteiger charge is -2.03. The number of hydrogen-bond donors (Lipinski definition) is 1. The Kier molecular flexibility index (Phi) is 4.88. The summed E-state index contributed by atoms with van der Waals surface area (Å²) in [6.45, 7) is 5.99. The van der Waals surface area contributed by atoms with Gasteiger partial charge in [-0.2, -0.15) is 0 Å². The molecule has 0 atom stereocenters. The Morgan fingerprint density at radius 2 is 2.11 bits per heavy atom. The van der Waals surface area contributed by atoms with E-state index in [4.69, 9.17) is 9.15 Å². The van der Waals surface area contributed by atoms with Crippen molar-refractivity contribution in [1.29, 1.82) is 0 Å². The molecule has 0 radical (unpaired) electrons. The quantitative estimate of drug-likeness (QED) is 0.861. The summed E-state index contributed by atoms with van der Waals surface area (Å²) in [7, 11) is 1.69. The Hall–Kier alpha value is -1.00. The molecule has 0 amide bonds. The van der Waals surface area contributed by atoms with Gasteiger partial charge >= 0.3 is 0 Å². The third-order valence-electron chi connectivity index (χ3n) is 3.18. The molecular formula is C15H20BrNO2. The summed E-state index contributed by atoms with van der Waals surface area (Å²) in [5.74, 6) is 1.89. The van der Waals surface area contributed by atoms with Gasteiger partial charge in [0.1, 0.15) is 17.1 Å². The highest BCUT2D eigenvalue weighted by Gasteiger charge is 2.16. The Morgan fingerprint density at radius 3 is 2.74 bits per heavy atom. The predicted octanol–water partition coefficient (Wildman–Crippen LogP) is 4.27. The molecule has 3 nitrogen and oxygen atoms in total. The van der Waals surface area contributed by atoms with E-state index in [1.165, 1.54) is 5.56 Å². The molecule has 1 aromatic heterocycles. The molecular weight excluding hydrogens is 306 g/mol. The predicted molar refractivity (Wildman–Crippen MR) is 81.8 cm³/mol. The summed E-state index contributed by atoms with van der Waals surface area (Å²) < 4.78 is 12.3. The minimum atomic E-state index is 0.773. The lowest BCUT2D eigenvalue weighted by Crippen LogP contribution is -2.12. The molecule has 1 N–H and O–H groups in total. The summed E-state index contributed by atoms with van der Waals surface area (Å²) in [6.07, 6.45) is 2.12. The first-order valence-corrected chi connectivity index (χ1v) is 7.49. The van der Waals surface area contributed by atoms with Gasteiger partial charge in [-0.25, -0.2) is 0 Å². The second-order valence-corrected chi connectivity index (χ2v) is 5.37. The largest absolute Gasteiger partial charge is 0.497 e. The van der Waals surface area contributed by atoms with Crippen molar-refractivity contribution in [1.82, 2.24) is 5.32 Å². The number of furan rings is 1. The molecule has 0 fully saturated rings. The molecule has 0 saturated carbocycles. The Balaban J connectivity index is 2.56. The Bertz CT molecular complexity index is 563. The SMILES string of the molecule is CCCc1c(CNCC)oc2c(Br)cc(OC)cc12. The van der Waals surface area contributed by atoms with Crippen LogP contribution in [0.3, 0.4) is 0 Å². The second kappa shape index (κ2) is 6.44. The van der Waals surface area contributed by atoms with E-state index in [0.29, 0.717) is 0 Å². The number of fused-ring (bicyclic) bond motifs is 1. The van der Waals surface area contributed by atoms with Crippen molar-refractivity contribution < 1.29 is 9.15 Å². The number of methoxy groups -OCH3 is 1. The van der Waals surface area contributed by atoms with E-state index in [2.05, 4.69) is 41.2 Å². The van der Waals surface area contributed by atoms with Gasteiger partial charge in [-0.05, 0) is 41.0 Å². The highest BCUT2D eigenvalue weighted by Crippen LogP contribution is 2.35. The van der Waals surface area contributed by atoms with Crippen molar-refractivity contribution in [3.05, 3.63) is 27.9 Å². The van der Waals surface area contributed by atoms with Gasteiger partial charge in [-0.1, -0.05) is 20.3 Å². The van der Waals surface area contributed by atoms with Crippen LogP contribution in [-0.4, -0.2) is 13.7 Å². The third-order valence-corrected chi connectivity index (χ3v) is 3.76. The fourth-order valence-corrected chi connectivity index (χ4v) is 2.77. The molecule has 2 rings (SSSR count). The maximum Gasteiger partial charge on any atom is 0.149 e. The van der Waals surface area contributed by atoms with Crippen molar-refractivity contribution in [2.24, 2.45) is 0 Å². The molecule has 0 aliphatic carbocycles. The first-order valence-electron chi connectivity index (χ1n) is 6.69. The van der Waals surface area contributed by atoms with Crippen LogP contribution in [0, 0.1) is 0 Å². The molecule has 1 aromatic carbocycles. The van der Waals surface area contributed by atoms with Crippen molar-refractivity contribution in [3.8, 4) is 5.75 Å². The summed E-state index contributed by atoms with van der Waals surface area (Å²) in [5.41, 5.74) is 2.20. The zero-order valence-corrected chi connectivity index (χ0v) is 13.3. The van der Waals surface area contributed by atoms with Gasteiger partial charge < -0.3 is 14.5 Å². The molecule has 0 bridgehead atoms. The minimum Gasteiger partial charge on any atom is -0.497 e.